The molecule has 0 bridgehead atoms. The largest absolute Gasteiger partial charge is 0.374 e. The van der Waals surface area contributed by atoms with Crippen LogP contribution in [0.25, 0.3) is 0 Å². The van der Waals surface area contributed by atoms with Crippen LogP contribution >= 0.6 is 0 Å². The summed E-state index contributed by atoms with van der Waals surface area (Å²) in [6.45, 7) is 9.44. The topological polar surface area (TPSA) is 41.9 Å². The molecule has 0 aromatic heterocycles. The number of benzene rings is 1. The minimum atomic E-state index is -1.22. The van der Waals surface area contributed by atoms with Crippen molar-refractivity contribution in [3.63, 3.8) is 0 Å². The van der Waals surface area contributed by atoms with Crippen molar-refractivity contribution in [1.29, 1.82) is 0 Å². The van der Waals surface area contributed by atoms with Crippen LogP contribution in [0.1, 0.15) is 26.3 Å². The van der Waals surface area contributed by atoms with Gasteiger partial charge in [0.2, 0.25) is 0 Å². The Balaban J connectivity index is 2.04. The summed E-state index contributed by atoms with van der Waals surface area (Å²) in [5.41, 5.74) is 2.15. The number of nitrogens with zero attached hydrogens (tertiary/aromatic N) is 2. The first kappa shape index (κ1) is 16.3. The molecule has 1 fully saturated rings. The van der Waals surface area contributed by atoms with E-state index in [-0.39, 0.29) is 4.75 Å². The lowest BCUT2D eigenvalue weighted by molar-refractivity contribution is 0.153. The molecule has 1 saturated heterocycles. The molecule has 1 aliphatic heterocycles. The molecule has 116 valence electrons. The first-order valence-electron chi connectivity index (χ1n) is 7.27. The smallest absolute Gasteiger partial charge is 0.144 e. The molecule has 1 heterocycles. The molecular formula is C16H24N2O2S. The first-order chi connectivity index (χ1) is 9.95. The van der Waals surface area contributed by atoms with Crippen LogP contribution in [-0.2, 0) is 22.3 Å². The average Bonchev–Trinajstić information content (AvgIpc) is 2.64. The van der Waals surface area contributed by atoms with Crippen molar-refractivity contribution in [2.24, 2.45) is 4.40 Å². The van der Waals surface area contributed by atoms with Gasteiger partial charge >= 0.3 is 0 Å². The number of hydrogen-bond donors (Lipinski definition) is 0. The average molecular weight is 308 g/mol. The van der Waals surface area contributed by atoms with Crippen LogP contribution in [0.2, 0.25) is 0 Å². The Bertz CT molecular complexity index is 509. The van der Waals surface area contributed by atoms with Crippen molar-refractivity contribution in [3.8, 4) is 0 Å². The third-order valence-electron chi connectivity index (χ3n) is 3.21. The number of hydrogen-bond acceptors (Lipinski definition) is 3. The van der Waals surface area contributed by atoms with Crippen molar-refractivity contribution in [1.82, 2.24) is 4.90 Å². The van der Waals surface area contributed by atoms with Gasteiger partial charge in [-0.15, -0.1) is 0 Å². The van der Waals surface area contributed by atoms with Crippen LogP contribution in [0.4, 0.5) is 0 Å². The Kier molecular flexibility index (Phi) is 5.67. The van der Waals surface area contributed by atoms with E-state index in [4.69, 9.17) is 4.74 Å². The lowest BCUT2D eigenvalue weighted by atomic mass is 10.2. The van der Waals surface area contributed by atoms with E-state index in [1.807, 2.05) is 39.0 Å². The molecule has 0 saturated carbocycles. The highest BCUT2D eigenvalue weighted by atomic mass is 32.2. The molecule has 1 aromatic rings. The van der Waals surface area contributed by atoms with Crippen LogP contribution in [-0.4, -0.2) is 45.9 Å². The van der Waals surface area contributed by atoms with Crippen LogP contribution in [0.3, 0.4) is 0 Å². The third kappa shape index (κ3) is 5.34. The Morgan fingerprint density at radius 3 is 2.67 bits per heavy atom. The molecular weight excluding hydrogens is 284 g/mol. The van der Waals surface area contributed by atoms with Crippen molar-refractivity contribution >= 4 is 16.7 Å². The summed E-state index contributed by atoms with van der Waals surface area (Å²) in [6, 6.07) is 10.4. The highest BCUT2D eigenvalue weighted by molar-refractivity contribution is 7.85. The zero-order chi connectivity index (χ0) is 15.3. The summed E-state index contributed by atoms with van der Waals surface area (Å²) in [6.07, 6.45) is 0. The second-order valence-electron chi connectivity index (χ2n) is 6.27. The molecule has 0 aliphatic carbocycles. The van der Waals surface area contributed by atoms with Gasteiger partial charge in [-0.05, 0) is 26.3 Å². The molecule has 0 amide bonds. The minimum Gasteiger partial charge on any atom is -0.374 e. The fourth-order valence-corrected chi connectivity index (χ4v) is 2.67. The zero-order valence-corrected chi connectivity index (χ0v) is 13.9. The van der Waals surface area contributed by atoms with Gasteiger partial charge in [0, 0.05) is 19.6 Å². The second kappa shape index (κ2) is 7.29. The van der Waals surface area contributed by atoms with E-state index in [2.05, 4.69) is 21.4 Å². The number of rotatable bonds is 3. The highest BCUT2D eigenvalue weighted by Gasteiger charge is 2.21. The van der Waals surface area contributed by atoms with Gasteiger partial charge in [0.15, 0.2) is 0 Å². The lowest BCUT2D eigenvalue weighted by Gasteiger charge is -2.20. The summed E-state index contributed by atoms with van der Waals surface area (Å²) in [7, 11) is -1.22. The van der Waals surface area contributed by atoms with Crippen LogP contribution in [0.15, 0.2) is 34.7 Å². The zero-order valence-electron chi connectivity index (χ0n) is 13.0. The molecule has 21 heavy (non-hydrogen) atoms. The Morgan fingerprint density at radius 2 is 2.00 bits per heavy atom. The van der Waals surface area contributed by atoms with Gasteiger partial charge in [0.25, 0.3) is 0 Å². The van der Waals surface area contributed by atoms with Gasteiger partial charge in [-0.3, -0.25) is 4.90 Å². The Morgan fingerprint density at radius 1 is 1.29 bits per heavy atom. The molecule has 4 nitrogen and oxygen atoms in total. The maximum absolute atomic E-state index is 12.2. The van der Waals surface area contributed by atoms with Crippen LogP contribution in [0.5, 0.6) is 0 Å². The van der Waals surface area contributed by atoms with E-state index in [0.29, 0.717) is 13.2 Å². The standard InChI is InChI=1S/C16H24N2O2S/c1-16(2,3)21(19)17-15-12-18(9-10-20-13-15)11-14-7-5-4-6-8-14/h4-8H,9-13H2,1-3H3. The summed E-state index contributed by atoms with van der Waals surface area (Å²) >= 11 is 0. The molecule has 1 unspecified atom stereocenters. The summed E-state index contributed by atoms with van der Waals surface area (Å²) in [4.78, 5) is 2.29. The molecule has 0 N–H and O–H groups in total. The highest BCUT2D eigenvalue weighted by Crippen LogP contribution is 2.14. The molecule has 2 rings (SSSR count). The third-order valence-corrected chi connectivity index (χ3v) is 4.68. The maximum atomic E-state index is 12.2. The first-order valence-corrected chi connectivity index (χ1v) is 8.38. The van der Waals surface area contributed by atoms with Gasteiger partial charge in [-0.2, -0.15) is 4.40 Å². The molecule has 0 radical (unpaired) electrons. The SMILES string of the molecule is CC(C)(C)S(=O)N=C1COCCN(Cc2ccccc2)C1. The fraction of sp³-hybridized carbons (Fsp3) is 0.562. The van der Waals surface area contributed by atoms with E-state index in [1.54, 1.807) is 0 Å². The van der Waals surface area contributed by atoms with Crippen molar-refractivity contribution in [3.05, 3.63) is 35.9 Å². The molecule has 1 atom stereocenters. The Labute approximate surface area is 129 Å². The molecule has 1 aromatic carbocycles. The van der Waals surface area contributed by atoms with Crippen LogP contribution < -0.4 is 0 Å². The van der Waals surface area contributed by atoms with Gasteiger partial charge < -0.3 is 4.74 Å². The van der Waals surface area contributed by atoms with Crippen LogP contribution in [0, 0.1) is 0 Å². The van der Waals surface area contributed by atoms with Gasteiger partial charge in [-0.1, -0.05) is 30.3 Å². The fourth-order valence-electron chi connectivity index (χ4n) is 2.05. The Hall–Kier alpha value is -1.04. The molecule has 5 heteroatoms. The predicted octanol–water partition coefficient (Wildman–Crippen LogP) is 2.42. The van der Waals surface area contributed by atoms with E-state index < -0.39 is 11.0 Å². The normalized spacial score (nSPS) is 21.2. The minimum absolute atomic E-state index is 0.330. The molecule has 1 aliphatic rings. The van der Waals surface area contributed by atoms with Crippen molar-refractivity contribution in [2.45, 2.75) is 32.1 Å². The van der Waals surface area contributed by atoms with Crippen molar-refractivity contribution < 1.29 is 8.95 Å². The summed E-state index contributed by atoms with van der Waals surface area (Å²) in [5, 5.41) is 0. The van der Waals surface area contributed by atoms with E-state index in [0.717, 1.165) is 25.3 Å². The van der Waals surface area contributed by atoms with Crippen molar-refractivity contribution in [2.75, 3.05) is 26.3 Å². The predicted molar refractivity (Wildman–Crippen MR) is 87.9 cm³/mol. The summed E-state index contributed by atoms with van der Waals surface area (Å²) < 4.78 is 21.8. The van der Waals surface area contributed by atoms with Gasteiger partial charge in [0.05, 0.1) is 23.7 Å². The van der Waals surface area contributed by atoms with E-state index >= 15 is 0 Å². The molecule has 0 spiro atoms. The maximum Gasteiger partial charge on any atom is 0.144 e. The van der Waals surface area contributed by atoms with E-state index in [1.165, 1.54) is 5.56 Å². The summed E-state index contributed by atoms with van der Waals surface area (Å²) in [5.74, 6) is 0. The van der Waals surface area contributed by atoms with Gasteiger partial charge in [0.1, 0.15) is 11.0 Å². The van der Waals surface area contributed by atoms with Gasteiger partial charge in [-0.25, -0.2) is 4.21 Å². The number of ether oxygens (including phenoxy) is 1. The monoisotopic (exact) mass is 308 g/mol. The quantitative estimate of drug-likeness (QED) is 0.861. The lowest BCUT2D eigenvalue weighted by Crippen LogP contribution is -2.31. The second-order valence-corrected chi connectivity index (χ2v) is 8.17. The van der Waals surface area contributed by atoms with E-state index in [9.17, 15) is 4.21 Å².